The maximum Gasteiger partial charge on any atom is 0.0806 e. The van der Waals surface area contributed by atoms with Gasteiger partial charge in [-0.25, -0.2) is 0 Å². The molecule has 0 radical (unpaired) electrons. The zero-order valence-corrected chi connectivity index (χ0v) is 11.6. The molecule has 19 heavy (non-hydrogen) atoms. The summed E-state index contributed by atoms with van der Waals surface area (Å²) in [7, 11) is 0. The molecular weight excluding hydrogens is 244 g/mol. The van der Waals surface area contributed by atoms with E-state index in [1.54, 1.807) is 0 Å². The molecule has 0 bridgehead atoms. The number of hydrogen-bond donors (Lipinski definition) is 4. The molecule has 4 nitrogen and oxygen atoms in total. The first-order chi connectivity index (χ1) is 8.87. The Kier molecular flexibility index (Phi) is 2.88. The van der Waals surface area contributed by atoms with Crippen molar-refractivity contribution >= 4 is 0 Å². The van der Waals surface area contributed by atoms with E-state index in [1.165, 1.54) is 0 Å². The summed E-state index contributed by atoms with van der Waals surface area (Å²) < 4.78 is 0. The molecule has 4 N–H and O–H groups in total. The van der Waals surface area contributed by atoms with E-state index >= 15 is 0 Å². The van der Waals surface area contributed by atoms with Crippen molar-refractivity contribution < 1.29 is 20.4 Å². The molecule has 0 aliphatic heterocycles. The third-order valence-electron chi connectivity index (χ3n) is 6.17. The van der Waals surface area contributed by atoms with Gasteiger partial charge in [-0.05, 0) is 42.1 Å². The van der Waals surface area contributed by atoms with Crippen LogP contribution in [-0.4, -0.2) is 45.8 Å². The number of aliphatic hydroxyl groups is 4. The normalized spacial score (nSPS) is 52.7. The van der Waals surface area contributed by atoms with Crippen molar-refractivity contribution in [3.05, 3.63) is 11.1 Å². The standard InChI is InChI=1S/C15H24O4/c1-14(7-17)4-8-11(5-14)15(2)10(3-12(15)18)9(6-16)13(8)19/h8,11-13,16-19H,3-7H2,1-2H3/t8-,11+,12-,13+,14-,15+/m1/s1. The van der Waals surface area contributed by atoms with Crippen molar-refractivity contribution in [3.8, 4) is 0 Å². The summed E-state index contributed by atoms with van der Waals surface area (Å²) in [6.45, 7) is 4.09. The van der Waals surface area contributed by atoms with Gasteiger partial charge in [0, 0.05) is 12.0 Å². The zero-order chi connectivity index (χ0) is 14.0. The second-order valence-corrected chi connectivity index (χ2v) is 7.26. The van der Waals surface area contributed by atoms with Crippen LogP contribution >= 0.6 is 0 Å². The Morgan fingerprint density at radius 1 is 1.16 bits per heavy atom. The molecule has 0 amide bonds. The molecule has 4 heteroatoms. The molecule has 0 spiro atoms. The molecule has 0 heterocycles. The molecule has 0 aromatic carbocycles. The number of hydrogen-bond acceptors (Lipinski definition) is 4. The highest BCUT2D eigenvalue weighted by Crippen LogP contribution is 2.66. The average Bonchev–Trinajstić information content (AvgIpc) is 2.76. The van der Waals surface area contributed by atoms with E-state index in [9.17, 15) is 20.4 Å². The second kappa shape index (κ2) is 4.04. The Morgan fingerprint density at radius 2 is 1.84 bits per heavy atom. The maximum absolute atomic E-state index is 10.5. The minimum absolute atomic E-state index is 0.0444. The first kappa shape index (κ1) is 13.6. The van der Waals surface area contributed by atoms with Crippen LogP contribution in [0.15, 0.2) is 11.1 Å². The molecule has 3 aliphatic carbocycles. The molecule has 0 aromatic heterocycles. The summed E-state index contributed by atoms with van der Waals surface area (Å²) in [5, 5.41) is 39.9. The van der Waals surface area contributed by atoms with Crippen LogP contribution in [0.5, 0.6) is 0 Å². The van der Waals surface area contributed by atoms with E-state index in [0.29, 0.717) is 6.42 Å². The molecule has 0 unspecified atom stereocenters. The number of aliphatic hydroxyl groups excluding tert-OH is 4. The van der Waals surface area contributed by atoms with Gasteiger partial charge in [0.15, 0.2) is 0 Å². The summed E-state index contributed by atoms with van der Waals surface area (Å²) in [5.41, 5.74) is 1.29. The highest BCUT2D eigenvalue weighted by Gasteiger charge is 2.63. The average molecular weight is 268 g/mol. The summed E-state index contributed by atoms with van der Waals surface area (Å²) in [5.74, 6) is 0.247. The van der Waals surface area contributed by atoms with Crippen LogP contribution in [0.1, 0.15) is 33.1 Å². The predicted octanol–water partition coefficient (Wildman–Crippen LogP) is 0.445. The Labute approximate surface area is 113 Å². The number of fused-ring (bicyclic) bond motifs is 3. The molecule has 6 atom stereocenters. The van der Waals surface area contributed by atoms with Crippen LogP contribution in [0.2, 0.25) is 0 Å². The topological polar surface area (TPSA) is 80.9 Å². The largest absolute Gasteiger partial charge is 0.396 e. The van der Waals surface area contributed by atoms with Crippen molar-refractivity contribution in [2.24, 2.45) is 22.7 Å². The van der Waals surface area contributed by atoms with Crippen LogP contribution in [0.3, 0.4) is 0 Å². The first-order valence-electron chi connectivity index (χ1n) is 7.17. The lowest BCUT2D eigenvalue weighted by atomic mass is 9.49. The van der Waals surface area contributed by atoms with Gasteiger partial charge in [-0.1, -0.05) is 19.4 Å². The molecule has 2 fully saturated rings. The number of rotatable bonds is 2. The quantitative estimate of drug-likeness (QED) is 0.548. The van der Waals surface area contributed by atoms with Gasteiger partial charge >= 0.3 is 0 Å². The van der Waals surface area contributed by atoms with Crippen LogP contribution in [0.4, 0.5) is 0 Å². The lowest BCUT2D eigenvalue weighted by Crippen LogP contribution is -2.57. The van der Waals surface area contributed by atoms with Crippen molar-refractivity contribution in [2.75, 3.05) is 13.2 Å². The van der Waals surface area contributed by atoms with Crippen LogP contribution in [0, 0.1) is 22.7 Å². The van der Waals surface area contributed by atoms with Crippen LogP contribution in [0.25, 0.3) is 0 Å². The molecule has 0 saturated heterocycles. The first-order valence-corrected chi connectivity index (χ1v) is 7.17. The summed E-state index contributed by atoms with van der Waals surface area (Å²) in [4.78, 5) is 0. The van der Waals surface area contributed by atoms with Gasteiger partial charge in [-0.2, -0.15) is 0 Å². The van der Waals surface area contributed by atoms with Gasteiger partial charge in [0.05, 0.1) is 18.8 Å². The highest BCUT2D eigenvalue weighted by molar-refractivity contribution is 5.40. The predicted molar refractivity (Wildman–Crippen MR) is 70.3 cm³/mol. The van der Waals surface area contributed by atoms with Crippen molar-refractivity contribution in [1.82, 2.24) is 0 Å². The van der Waals surface area contributed by atoms with Gasteiger partial charge in [-0.15, -0.1) is 0 Å². The van der Waals surface area contributed by atoms with E-state index in [0.717, 1.165) is 24.0 Å². The summed E-state index contributed by atoms with van der Waals surface area (Å²) in [6, 6.07) is 0. The summed E-state index contributed by atoms with van der Waals surface area (Å²) in [6.07, 6.45) is 1.17. The van der Waals surface area contributed by atoms with E-state index in [4.69, 9.17) is 0 Å². The third kappa shape index (κ3) is 1.54. The summed E-state index contributed by atoms with van der Waals surface area (Å²) >= 11 is 0. The molecule has 0 aromatic rings. The fourth-order valence-electron chi connectivity index (χ4n) is 4.86. The van der Waals surface area contributed by atoms with Gasteiger partial charge in [0.1, 0.15) is 0 Å². The smallest absolute Gasteiger partial charge is 0.0806 e. The Morgan fingerprint density at radius 3 is 2.37 bits per heavy atom. The van der Waals surface area contributed by atoms with Crippen LogP contribution < -0.4 is 0 Å². The monoisotopic (exact) mass is 268 g/mol. The maximum atomic E-state index is 10.5. The van der Waals surface area contributed by atoms with Crippen molar-refractivity contribution in [3.63, 3.8) is 0 Å². The fourth-order valence-corrected chi connectivity index (χ4v) is 4.86. The zero-order valence-electron chi connectivity index (χ0n) is 11.6. The molecule has 3 rings (SSSR count). The molecule has 2 saturated carbocycles. The van der Waals surface area contributed by atoms with E-state index < -0.39 is 6.10 Å². The lowest BCUT2D eigenvalue weighted by Gasteiger charge is -2.57. The third-order valence-corrected chi connectivity index (χ3v) is 6.17. The lowest BCUT2D eigenvalue weighted by molar-refractivity contribution is -0.0815. The molecule has 3 aliphatic rings. The van der Waals surface area contributed by atoms with Crippen molar-refractivity contribution in [1.29, 1.82) is 0 Å². The van der Waals surface area contributed by atoms with Gasteiger partial charge in [-0.3, -0.25) is 0 Å². The minimum Gasteiger partial charge on any atom is -0.396 e. The van der Waals surface area contributed by atoms with Crippen molar-refractivity contribution in [2.45, 2.75) is 45.3 Å². The molecule has 108 valence electrons. The molecular formula is C15H24O4. The Balaban J connectivity index is 2.03. The van der Waals surface area contributed by atoms with Gasteiger partial charge < -0.3 is 20.4 Å². The van der Waals surface area contributed by atoms with E-state index in [-0.39, 0.29) is 42.0 Å². The SMILES string of the molecule is C[C@@]1(CO)C[C@H]2[C@H](O)C(CO)=C3C[C@@H](O)[C@]3(C)[C@H]2C1. The van der Waals surface area contributed by atoms with Gasteiger partial charge in [0.2, 0.25) is 0 Å². The van der Waals surface area contributed by atoms with E-state index in [2.05, 4.69) is 6.92 Å². The minimum atomic E-state index is -0.612. The Hall–Kier alpha value is -0.420. The van der Waals surface area contributed by atoms with E-state index in [1.807, 2.05) is 6.92 Å². The Bertz CT molecular complexity index is 432. The fraction of sp³-hybridized carbons (Fsp3) is 0.867. The van der Waals surface area contributed by atoms with Crippen LogP contribution in [-0.2, 0) is 0 Å². The highest BCUT2D eigenvalue weighted by atomic mass is 16.3. The second-order valence-electron chi connectivity index (χ2n) is 7.26. The van der Waals surface area contributed by atoms with Gasteiger partial charge in [0.25, 0.3) is 0 Å².